The van der Waals surface area contributed by atoms with Gasteiger partial charge in [-0.15, -0.1) is 0 Å². The van der Waals surface area contributed by atoms with Gasteiger partial charge in [0.25, 0.3) is 5.91 Å². The van der Waals surface area contributed by atoms with Crippen molar-refractivity contribution in [1.82, 2.24) is 19.3 Å². The standard InChI is InChI=1S/C19H14BrClFN5O3/c20-15-9-14(27(25-15)16-13(21)2-1-6-23-16)17(28)24-10-3-4-11-12(8-10)19(30)26(7-5-22)18(11)29/h1-4,6,8-9,29-30H,5,7H2,(H,24,28). The number of rotatable bonds is 5. The first-order chi connectivity index (χ1) is 14.4. The van der Waals surface area contributed by atoms with Crippen LogP contribution in [0, 0.1) is 0 Å². The van der Waals surface area contributed by atoms with Crippen LogP contribution in [0.3, 0.4) is 0 Å². The number of carbonyl (C=O) groups is 1. The SMILES string of the molecule is O=C(Nc1ccc2c(O)n(CCF)c(O)c2c1)c1cc(Br)nn1-c1ncccc1Cl. The minimum atomic E-state index is -0.749. The highest BCUT2D eigenvalue weighted by Gasteiger charge is 2.20. The molecule has 0 fully saturated rings. The quantitative estimate of drug-likeness (QED) is 0.384. The molecule has 0 aliphatic heterocycles. The fraction of sp³-hybridized carbons (Fsp3) is 0.105. The Labute approximate surface area is 182 Å². The van der Waals surface area contributed by atoms with Crippen molar-refractivity contribution in [2.45, 2.75) is 6.54 Å². The van der Waals surface area contributed by atoms with Crippen molar-refractivity contribution in [1.29, 1.82) is 0 Å². The zero-order valence-electron chi connectivity index (χ0n) is 15.2. The minimum absolute atomic E-state index is 0.171. The number of nitrogens with zero attached hydrogens (tertiary/aromatic N) is 4. The molecule has 0 aliphatic rings. The summed E-state index contributed by atoms with van der Waals surface area (Å²) in [7, 11) is 0. The Kier molecular flexibility index (Phi) is 5.35. The molecular weight excluding hydrogens is 481 g/mol. The molecule has 154 valence electrons. The summed E-state index contributed by atoms with van der Waals surface area (Å²) in [4.78, 5) is 17.1. The second-order valence-corrected chi connectivity index (χ2v) is 7.49. The summed E-state index contributed by atoms with van der Waals surface area (Å²) < 4.78 is 15.5. The summed E-state index contributed by atoms with van der Waals surface area (Å²) in [6, 6.07) is 9.38. The molecular formula is C19H14BrClFN5O3. The van der Waals surface area contributed by atoms with Crippen LogP contribution in [0.15, 0.2) is 47.2 Å². The Bertz CT molecular complexity index is 1270. The summed E-state index contributed by atoms with van der Waals surface area (Å²) in [6.45, 7) is -0.938. The summed E-state index contributed by atoms with van der Waals surface area (Å²) in [5.74, 6) is -0.744. The van der Waals surface area contributed by atoms with E-state index in [1.165, 1.54) is 29.1 Å². The van der Waals surface area contributed by atoms with Crippen LogP contribution in [0.1, 0.15) is 10.5 Å². The number of halogens is 3. The topological polar surface area (TPSA) is 105 Å². The summed E-state index contributed by atoms with van der Waals surface area (Å²) >= 11 is 9.43. The van der Waals surface area contributed by atoms with Crippen LogP contribution in [-0.4, -0.2) is 42.1 Å². The Morgan fingerprint density at radius 2 is 1.97 bits per heavy atom. The Morgan fingerprint density at radius 1 is 1.20 bits per heavy atom. The largest absolute Gasteiger partial charge is 0.494 e. The van der Waals surface area contributed by atoms with Crippen LogP contribution >= 0.6 is 27.5 Å². The van der Waals surface area contributed by atoms with Crippen LogP contribution in [0.5, 0.6) is 11.8 Å². The molecule has 0 aliphatic carbocycles. The zero-order valence-corrected chi connectivity index (χ0v) is 17.5. The Balaban J connectivity index is 1.69. The third kappa shape index (κ3) is 3.48. The molecule has 3 heterocycles. The van der Waals surface area contributed by atoms with Crippen LogP contribution in [0.4, 0.5) is 10.1 Å². The molecule has 0 atom stereocenters. The Morgan fingerprint density at radius 3 is 2.70 bits per heavy atom. The number of alkyl halides is 1. The Hall–Kier alpha value is -3.11. The number of hydrogen-bond acceptors (Lipinski definition) is 5. The summed E-state index contributed by atoms with van der Waals surface area (Å²) in [5.41, 5.74) is 0.529. The molecule has 0 bridgehead atoms. The van der Waals surface area contributed by atoms with Crippen LogP contribution < -0.4 is 5.32 Å². The van der Waals surface area contributed by atoms with Crippen LogP contribution in [0.2, 0.25) is 5.02 Å². The van der Waals surface area contributed by atoms with Gasteiger partial charge in [-0.05, 0) is 46.3 Å². The monoisotopic (exact) mass is 493 g/mol. The number of benzene rings is 1. The second-order valence-electron chi connectivity index (χ2n) is 6.28. The molecule has 1 amide bonds. The number of aromatic hydroxyl groups is 2. The van der Waals surface area contributed by atoms with E-state index in [0.29, 0.717) is 20.7 Å². The smallest absolute Gasteiger partial charge is 0.274 e. The third-order valence-corrected chi connectivity index (χ3v) is 5.11. The molecule has 0 unspecified atom stereocenters. The molecule has 1 aromatic carbocycles. The van der Waals surface area contributed by atoms with Gasteiger partial charge in [-0.25, -0.2) is 14.1 Å². The average molecular weight is 495 g/mol. The molecule has 0 saturated heterocycles. The highest BCUT2D eigenvalue weighted by molar-refractivity contribution is 9.10. The van der Waals surface area contributed by atoms with E-state index in [-0.39, 0.29) is 35.2 Å². The lowest BCUT2D eigenvalue weighted by Gasteiger charge is -2.09. The molecule has 30 heavy (non-hydrogen) atoms. The van der Waals surface area contributed by atoms with Crippen molar-refractivity contribution in [3.63, 3.8) is 0 Å². The van der Waals surface area contributed by atoms with Crippen LogP contribution in [0.25, 0.3) is 16.6 Å². The first kappa shape index (κ1) is 20.2. The minimum Gasteiger partial charge on any atom is -0.494 e. The lowest BCUT2D eigenvalue weighted by molar-refractivity contribution is 0.101. The first-order valence-corrected chi connectivity index (χ1v) is 9.85. The molecule has 8 nitrogen and oxygen atoms in total. The fourth-order valence-corrected chi connectivity index (χ4v) is 3.67. The van der Waals surface area contributed by atoms with E-state index in [1.54, 1.807) is 18.2 Å². The van der Waals surface area contributed by atoms with E-state index >= 15 is 0 Å². The molecule has 4 aromatic rings. The van der Waals surface area contributed by atoms with Crippen molar-refractivity contribution < 1.29 is 19.4 Å². The maximum atomic E-state index is 12.9. The molecule has 0 spiro atoms. The number of hydrogen-bond donors (Lipinski definition) is 3. The van der Waals surface area contributed by atoms with Gasteiger partial charge in [0.2, 0.25) is 11.8 Å². The zero-order chi connectivity index (χ0) is 21.4. The predicted molar refractivity (Wildman–Crippen MR) is 113 cm³/mol. The van der Waals surface area contributed by atoms with Gasteiger partial charge in [-0.3, -0.25) is 9.36 Å². The number of anilines is 1. The van der Waals surface area contributed by atoms with E-state index in [0.717, 1.165) is 4.57 Å². The molecule has 0 radical (unpaired) electrons. The number of carbonyl (C=O) groups excluding carboxylic acids is 1. The van der Waals surface area contributed by atoms with Gasteiger partial charge in [0.15, 0.2) is 5.82 Å². The molecule has 3 aromatic heterocycles. The molecule has 11 heteroatoms. The highest BCUT2D eigenvalue weighted by atomic mass is 79.9. The normalized spacial score (nSPS) is 11.2. The molecule has 0 saturated carbocycles. The number of pyridine rings is 1. The van der Waals surface area contributed by atoms with E-state index in [4.69, 9.17) is 11.6 Å². The van der Waals surface area contributed by atoms with Crippen LogP contribution in [-0.2, 0) is 6.54 Å². The van der Waals surface area contributed by atoms with Crippen molar-refractivity contribution >= 4 is 49.9 Å². The van der Waals surface area contributed by atoms with Gasteiger partial charge in [0, 0.05) is 28.7 Å². The summed E-state index contributed by atoms with van der Waals surface area (Å²) in [5, 5.41) is 28.3. The van der Waals surface area contributed by atoms with Gasteiger partial charge in [-0.2, -0.15) is 5.10 Å². The van der Waals surface area contributed by atoms with E-state index in [2.05, 4.69) is 31.3 Å². The number of amides is 1. The molecule has 4 rings (SSSR count). The van der Waals surface area contributed by atoms with E-state index in [1.807, 2.05) is 0 Å². The fourth-order valence-electron chi connectivity index (χ4n) is 3.09. The number of aromatic nitrogens is 4. The lowest BCUT2D eigenvalue weighted by atomic mass is 10.2. The third-order valence-electron chi connectivity index (χ3n) is 4.43. The number of fused-ring (bicyclic) bond motifs is 1. The maximum absolute atomic E-state index is 12.9. The van der Waals surface area contributed by atoms with Gasteiger partial charge >= 0.3 is 0 Å². The number of nitrogens with one attached hydrogen (secondary N) is 1. The van der Waals surface area contributed by atoms with Gasteiger partial charge in [0.1, 0.15) is 17.0 Å². The summed E-state index contributed by atoms with van der Waals surface area (Å²) in [6.07, 6.45) is 1.53. The van der Waals surface area contributed by atoms with Crippen molar-refractivity contribution in [3.8, 4) is 17.6 Å². The highest BCUT2D eigenvalue weighted by Crippen LogP contribution is 2.37. The predicted octanol–water partition coefficient (Wildman–Crippen LogP) is 4.27. The molecule has 3 N–H and O–H groups in total. The first-order valence-electron chi connectivity index (χ1n) is 8.68. The van der Waals surface area contributed by atoms with Crippen molar-refractivity contribution in [2.24, 2.45) is 0 Å². The maximum Gasteiger partial charge on any atom is 0.274 e. The van der Waals surface area contributed by atoms with Gasteiger partial charge in [0.05, 0.1) is 11.6 Å². The average Bonchev–Trinajstić information content (AvgIpc) is 3.22. The van der Waals surface area contributed by atoms with Gasteiger partial charge in [-0.1, -0.05) is 11.6 Å². The van der Waals surface area contributed by atoms with Crippen molar-refractivity contribution in [2.75, 3.05) is 12.0 Å². The van der Waals surface area contributed by atoms with Crippen molar-refractivity contribution in [3.05, 3.63) is 57.9 Å². The second kappa shape index (κ2) is 7.96. The lowest BCUT2D eigenvalue weighted by Crippen LogP contribution is -2.17. The van der Waals surface area contributed by atoms with E-state index < -0.39 is 12.6 Å². The van der Waals surface area contributed by atoms with E-state index in [9.17, 15) is 19.4 Å². The van der Waals surface area contributed by atoms with Gasteiger partial charge < -0.3 is 15.5 Å².